The molecule has 1 saturated heterocycles. The van der Waals surface area contributed by atoms with Crippen LogP contribution in [0.1, 0.15) is 18.9 Å². The van der Waals surface area contributed by atoms with Crippen molar-refractivity contribution in [3.8, 4) is 0 Å². The molecule has 1 N–H and O–H groups in total. The number of aromatic nitrogens is 1. The van der Waals surface area contributed by atoms with Crippen LogP contribution in [-0.4, -0.2) is 43.7 Å². The number of fused-ring (bicyclic) bond motifs is 1. The fourth-order valence-electron chi connectivity index (χ4n) is 3.66. The number of ether oxygens (including phenoxy) is 1. The number of anilines is 1. The molecule has 27 heavy (non-hydrogen) atoms. The van der Waals surface area contributed by atoms with E-state index >= 15 is 0 Å². The molecule has 1 fully saturated rings. The number of hydrogen-bond acceptors (Lipinski definition) is 5. The third-order valence-electron chi connectivity index (χ3n) is 4.82. The zero-order valence-electron chi connectivity index (χ0n) is 15.2. The Morgan fingerprint density at radius 2 is 2.11 bits per heavy atom. The molecule has 1 aliphatic rings. The van der Waals surface area contributed by atoms with Crippen molar-refractivity contribution in [3.63, 3.8) is 0 Å². The summed E-state index contributed by atoms with van der Waals surface area (Å²) < 4.78 is 44.6. The van der Waals surface area contributed by atoms with Gasteiger partial charge in [-0.2, -0.15) is 13.2 Å². The highest BCUT2D eigenvalue weighted by molar-refractivity contribution is 5.94. The van der Waals surface area contributed by atoms with Gasteiger partial charge in [0.25, 0.3) is 0 Å². The van der Waals surface area contributed by atoms with E-state index in [0.29, 0.717) is 17.8 Å². The Morgan fingerprint density at radius 3 is 2.81 bits per heavy atom. The summed E-state index contributed by atoms with van der Waals surface area (Å²) in [6.07, 6.45) is -2.20. The molecule has 1 aliphatic heterocycles. The van der Waals surface area contributed by atoms with E-state index in [1.54, 1.807) is 12.1 Å². The molecule has 2 atom stereocenters. The molecule has 1 aromatic carbocycles. The van der Waals surface area contributed by atoms with Gasteiger partial charge < -0.3 is 15.0 Å². The van der Waals surface area contributed by atoms with Gasteiger partial charge in [-0.1, -0.05) is 6.92 Å². The number of alkyl halides is 3. The van der Waals surface area contributed by atoms with Gasteiger partial charge in [0.1, 0.15) is 0 Å². The average molecular weight is 381 g/mol. The van der Waals surface area contributed by atoms with Crippen LogP contribution in [0.3, 0.4) is 0 Å². The van der Waals surface area contributed by atoms with E-state index in [9.17, 15) is 18.0 Å². The monoisotopic (exact) mass is 381 g/mol. The molecule has 146 valence electrons. The van der Waals surface area contributed by atoms with E-state index in [1.807, 2.05) is 0 Å². The first kappa shape index (κ1) is 19.4. The number of esters is 1. The summed E-state index contributed by atoms with van der Waals surface area (Å²) in [5.41, 5.74) is -0.0467. The van der Waals surface area contributed by atoms with Crippen molar-refractivity contribution in [1.29, 1.82) is 0 Å². The van der Waals surface area contributed by atoms with Gasteiger partial charge in [-0.15, -0.1) is 0 Å². The summed E-state index contributed by atoms with van der Waals surface area (Å²) in [7, 11) is 1.33. The van der Waals surface area contributed by atoms with E-state index in [4.69, 9.17) is 0 Å². The molecule has 1 aromatic heterocycles. The van der Waals surface area contributed by atoms with Crippen LogP contribution in [0.4, 0.5) is 18.9 Å². The third-order valence-corrected chi connectivity index (χ3v) is 4.82. The first-order chi connectivity index (χ1) is 12.8. The summed E-state index contributed by atoms with van der Waals surface area (Å²) in [5.74, 6) is -0.0214. The number of hydrogen-bond donors (Lipinski definition) is 1. The zero-order valence-corrected chi connectivity index (χ0v) is 15.2. The smallest absolute Gasteiger partial charge is 0.418 e. The minimum Gasteiger partial charge on any atom is -0.468 e. The Hall–Kier alpha value is -2.35. The van der Waals surface area contributed by atoms with Crippen molar-refractivity contribution in [3.05, 3.63) is 36.0 Å². The second-order valence-electron chi connectivity index (χ2n) is 6.93. The van der Waals surface area contributed by atoms with Crippen LogP contribution in [-0.2, 0) is 15.7 Å². The van der Waals surface area contributed by atoms with Crippen molar-refractivity contribution >= 4 is 22.6 Å². The molecule has 0 bridgehead atoms. The first-order valence-electron chi connectivity index (χ1n) is 8.79. The summed E-state index contributed by atoms with van der Waals surface area (Å²) in [6, 6.07) is 5.97. The number of nitrogens with zero attached hydrogens (tertiary/aromatic N) is 2. The quantitative estimate of drug-likeness (QED) is 0.824. The lowest BCUT2D eigenvalue weighted by atomic mass is 9.94. The van der Waals surface area contributed by atoms with E-state index in [2.05, 4.69) is 26.9 Å². The van der Waals surface area contributed by atoms with Crippen LogP contribution < -0.4 is 10.2 Å². The van der Waals surface area contributed by atoms with E-state index in [1.165, 1.54) is 19.4 Å². The fraction of sp³-hybridized carbons (Fsp3) is 0.474. The minimum absolute atomic E-state index is 0.0419. The number of pyridine rings is 1. The SMILES string of the molecule is COC(=O)CN[C@@H]1C[C@H](C)CN(c2ccc(C(F)(F)F)c3ncccc23)C1. The molecule has 8 heteroatoms. The lowest BCUT2D eigenvalue weighted by Gasteiger charge is -2.39. The van der Waals surface area contributed by atoms with E-state index < -0.39 is 11.7 Å². The summed E-state index contributed by atoms with van der Waals surface area (Å²) in [5, 5.41) is 3.65. The molecule has 2 heterocycles. The molecule has 0 unspecified atom stereocenters. The topological polar surface area (TPSA) is 54.5 Å². The summed E-state index contributed by atoms with van der Waals surface area (Å²) in [4.78, 5) is 17.4. The molecular formula is C19H22F3N3O2. The van der Waals surface area contributed by atoms with Crippen molar-refractivity contribution in [2.75, 3.05) is 31.6 Å². The highest BCUT2D eigenvalue weighted by Crippen LogP contribution is 2.38. The van der Waals surface area contributed by atoms with E-state index in [-0.39, 0.29) is 24.1 Å². The fourth-order valence-corrected chi connectivity index (χ4v) is 3.66. The molecule has 0 amide bonds. The summed E-state index contributed by atoms with van der Waals surface area (Å²) >= 11 is 0. The van der Waals surface area contributed by atoms with Crippen LogP contribution in [0.2, 0.25) is 0 Å². The van der Waals surface area contributed by atoms with Crippen molar-refractivity contribution in [2.45, 2.75) is 25.6 Å². The molecular weight excluding hydrogens is 359 g/mol. The molecule has 0 saturated carbocycles. The predicted molar refractivity (Wildman–Crippen MR) is 96.5 cm³/mol. The minimum atomic E-state index is -4.45. The standard InChI is InChI=1S/C19H22F3N3O2/c1-12-8-13(24-9-17(26)27-2)11-25(10-12)16-6-5-15(19(20,21)22)18-14(16)4-3-7-23-18/h3-7,12-13,24H,8-11H2,1-2H3/t12-,13+/m0/s1. The van der Waals surface area contributed by atoms with Crippen molar-refractivity contribution in [1.82, 2.24) is 10.3 Å². The Balaban J connectivity index is 1.91. The number of halogens is 3. The Morgan fingerprint density at radius 1 is 1.33 bits per heavy atom. The molecule has 3 rings (SSSR count). The second kappa shape index (κ2) is 7.72. The van der Waals surface area contributed by atoms with Crippen molar-refractivity contribution in [2.24, 2.45) is 5.92 Å². The number of rotatable bonds is 4. The van der Waals surface area contributed by atoms with Crippen LogP contribution in [0.25, 0.3) is 10.9 Å². The molecule has 5 nitrogen and oxygen atoms in total. The summed E-state index contributed by atoms with van der Waals surface area (Å²) in [6.45, 7) is 3.52. The Kier molecular flexibility index (Phi) is 5.55. The highest BCUT2D eigenvalue weighted by atomic mass is 19.4. The zero-order chi connectivity index (χ0) is 19.6. The van der Waals surface area contributed by atoms with Gasteiger partial charge >= 0.3 is 12.1 Å². The van der Waals surface area contributed by atoms with Gasteiger partial charge in [-0.3, -0.25) is 9.78 Å². The largest absolute Gasteiger partial charge is 0.468 e. The van der Waals surface area contributed by atoms with E-state index in [0.717, 1.165) is 24.7 Å². The van der Waals surface area contributed by atoms with Crippen LogP contribution in [0.5, 0.6) is 0 Å². The lowest BCUT2D eigenvalue weighted by Crippen LogP contribution is -2.50. The first-order valence-corrected chi connectivity index (χ1v) is 8.79. The van der Waals surface area contributed by atoms with Gasteiger partial charge in [0.15, 0.2) is 0 Å². The van der Waals surface area contributed by atoms with Crippen LogP contribution in [0.15, 0.2) is 30.5 Å². The lowest BCUT2D eigenvalue weighted by molar-refractivity contribution is -0.139. The van der Waals surface area contributed by atoms with Gasteiger partial charge in [0, 0.05) is 36.4 Å². The Labute approximate surface area is 155 Å². The maximum atomic E-state index is 13.3. The maximum absolute atomic E-state index is 13.3. The molecule has 0 radical (unpaired) electrons. The third kappa shape index (κ3) is 4.32. The molecule has 2 aromatic rings. The number of carbonyl (C=O) groups is 1. The van der Waals surface area contributed by atoms with Crippen LogP contribution in [0, 0.1) is 5.92 Å². The number of piperidine rings is 1. The normalized spacial score (nSPS) is 20.7. The Bertz CT molecular complexity index is 825. The van der Waals surface area contributed by atoms with Crippen molar-refractivity contribution < 1.29 is 22.7 Å². The second-order valence-corrected chi connectivity index (χ2v) is 6.93. The van der Waals surface area contributed by atoms with Gasteiger partial charge in [0.05, 0.1) is 24.7 Å². The van der Waals surface area contributed by atoms with Gasteiger partial charge in [0.2, 0.25) is 0 Å². The number of carbonyl (C=O) groups excluding carboxylic acids is 1. The maximum Gasteiger partial charge on any atom is 0.418 e. The van der Waals surface area contributed by atoms with Crippen LogP contribution >= 0.6 is 0 Å². The number of benzene rings is 1. The van der Waals surface area contributed by atoms with Gasteiger partial charge in [-0.25, -0.2) is 0 Å². The highest BCUT2D eigenvalue weighted by Gasteiger charge is 2.34. The van der Waals surface area contributed by atoms with Gasteiger partial charge in [-0.05, 0) is 36.6 Å². The number of methoxy groups -OCH3 is 1. The average Bonchev–Trinajstić information content (AvgIpc) is 2.63. The predicted octanol–water partition coefficient (Wildman–Crippen LogP) is 3.23. The molecule has 0 spiro atoms. The number of nitrogens with one attached hydrogen (secondary N) is 1. The molecule has 0 aliphatic carbocycles.